The molecule has 0 saturated heterocycles. The third-order valence-electron chi connectivity index (χ3n) is 3.28. The van der Waals surface area contributed by atoms with Gasteiger partial charge in [0.25, 0.3) is 5.91 Å². The highest BCUT2D eigenvalue weighted by atomic mass is 79.9. The fourth-order valence-corrected chi connectivity index (χ4v) is 3.39. The fraction of sp³-hybridized carbons (Fsp3) is 0.500. The second-order valence-electron chi connectivity index (χ2n) is 4.61. The number of fused-ring (bicyclic) bond motifs is 1. The lowest BCUT2D eigenvalue weighted by Gasteiger charge is -2.18. The van der Waals surface area contributed by atoms with E-state index in [0.29, 0.717) is 0 Å². The molecule has 0 aliphatic carbocycles. The van der Waals surface area contributed by atoms with Crippen LogP contribution in [0.3, 0.4) is 0 Å². The van der Waals surface area contributed by atoms with Crippen LogP contribution in [0.25, 0.3) is 0 Å². The average molecular weight is 375 g/mol. The summed E-state index contributed by atoms with van der Waals surface area (Å²) in [6, 6.07) is 7.94. The van der Waals surface area contributed by atoms with Crippen molar-refractivity contribution in [2.24, 2.45) is 0 Å². The first-order chi connectivity index (χ1) is 8.59. The van der Waals surface area contributed by atoms with E-state index in [0.717, 1.165) is 24.2 Å². The molecular weight excluding hydrogens is 358 g/mol. The van der Waals surface area contributed by atoms with Gasteiger partial charge < -0.3 is 4.90 Å². The summed E-state index contributed by atoms with van der Waals surface area (Å²) in [6.45, 7) is 2.99. The Labute approximate surface area is 125 Å². The van der Waals surface area contributed by atoms with Crippen LogP contribution >= 0.6 is 31.9 Å². The van der Waals surface area contributed by atoms with E-state index in [4.69, 9.17) is 0 Å². The summed E-state index contributed by atoms with van der Waals surface area (Å²) in [5.41, 5.74) is 2.03. The van der Waals surface area contributed by atoms with Crippen molar-refractivity contribution in [1.29, 1.82) is 0 Å². The number of carbonyl (C=O) groups excluding carboxylic acids is 1. The van der Waals surface area contributed by atoms with Crippen LogP contribution in [0.5, 0.6) is 0 Å². The van der Waals surface area contributed by atoms with E-state index in [1.165, 1.54) is 19.3 Å². The molecule has 18 heavy (non-hydrogen) atoms. The Balaban J connectivity index is 2.15. The van der Waals surface area contributed by atoms with Gasteiger partial charge in [-0.15, -0.1) is 0 Å². The van der Waals surface area contributed by atoms with Gasteiger partial charge in [0.2, 0.25) is 0 Å². The van der Waals surface area contributed by atoms with Crippen molar-refractivity contribution in [2.45, 2.75) is 35.8 Å². The van der Waals surface area contributed by atoms with Gasteiger partial charge >= 0.3 is 0 Å². The van der Waals surface area contributed by atoms with Crippen molar-refractivity contribution in [3.63, 3.8) is 0 Å². The lowest BCUT2D eigenvalue weighted by Crippen LogP contribution is -2.33. The van der Waals surface area contributed by atoms with Crippen molar-refractivity contribution < 1.29 is 4.79 Å². The van der Waals surface area contributed by atoms with Gasteiger partial charge in [-0.3, -0.25) is 4.79 Å². The van der Waals surface area contributed by atoms with Crippen LogP contribution < -0.4 is 4.90 Å². The molecule has 2 rings (SSSR count). The number of carbonyl (C=O) groups is 1. The molecule has 0 fully saturated rings. The first-order valence-corrected chi connectivity index (χ1v) is 7.97. The first kappa shape index (κ1) is 14.1. The molecule has 4 heteroatoms. The van der Waals surface area contributed by atoms with Crippen LogP contribution in [0.15, 0.2) is 24.3 Å². The Bertz CT molecular complexity index is 445. The van der Waals surface area contributed by atoms with Crippen LogP contribution in [-0.2, 0) is 8.03 Å². The second-order valence-corrected chi connectivity index (χ2v) is 8.05. The number of unbranched alkanes of at least 4 members (excludes halogenated alkanes) is 3. The minimum absolute atomic E-state index is 0.0835. The topological polar surface area (TPSA) is 20.3 Å². The predicted molar refractivity (Wildman–Crippen MR) is 82.5 cm³/mol. The molecule has 0 spiro atoms. The van der Waals surface area contributed by atoms with E-state index < -0.39 is 3.23 Å². The lowest BCUT2D eigenvalue weighted by molar-refractivity contribution is -0.118. The number of para-hydroxylation sites is 1. The molecule has 0 N–H and O–H groups in total. The molecule has 1 amide bonds. The van der Waals surface area contributed by atoms with Gasteiger partial charge in [0.15, 0.2) is 3.23 Å². The van der Waals surface area contributed by atoms with Crippen molar-refractivity contribution in [3.05, 3.63) is 29.8 Å². The second kappa shape index (κ2) is 5.74. The van der Waals surface area contributed by atoms with E-state index in [1.54, 1.807) is 0 Å². The Morgan fingerprint density at radius 3 is 2.61 bits per heavy atom. The molecule has 1 aliphatic rings. The predicted octanol–water partition coefficient (Wildman–Crippen LogP) is 4.56. The Kier molecular flexibility index (Phi) is 4.49. The number of amides is 1. The number of benzene rings is 1. The lowest BCUT2D eigenvalue weighted by atomic mass is 10.1. The third-order valence-corrected chi connectivity index (χ3v) is 4.81. The number of hydrogen-bond donors (Lipinski definition) is 0. The Morgan fingerprint density at radius 1 is 1.17 bits per heavy atom. The van der Waals surface area contributed by atoms with Crippen molar-refractivity contribution in [3.8, 4) is 0 Å². The SMILES string of the molecule is CCCCCCN1C(=O)C(Br)(Br)c2ccccc21. The molecule has 0 atom stereocenters. The monoisotopic (exact) mass is 373 g/mol. The summed E-state index contributed by atoms with van der Waals surface area (Å²) < 4.78 is -0.735. The van der Waals surface area contributed by atoms with Gasteiger partial charge in [-0.25, -0.2) is 0 Å². The number of hydrogen-bond acceptors (Lipinski definition) is 1. The molecule has 1 aromatic carbocycles. The smallest absolute Gasteiger partial charge is 0.259 e. The maximum absolute atomic E-state index is 12.4. The zero-order valence-electron chi connectivity index (χ0n) is 10.5. The number of anilines is 1. The highest BCUT2D eigenvalue weighted by molar-refractivity contribution is 9.25. The minimum atomic E-state index is -0.735. The van der Waals surface area contributed by atoms with Crippen molar-refractivity contribution >= 4 is 43.5 Å². The fourth-order valence-electron chi connectivity index (χ4n) is 2.29. The van der Waals surface area contributed by atoms with E-state index >= 15 is 0 Å². The maximum atomic E-state index is 12.4. The number of halogens is 2. The van der Waals surface area contributed by atoms with Crippen molar-refractivity contribution in [2.75, 3.05) is 11.4 Å². The van der Waals surface area contributed by atoms with Crippen LogP contribution in [-0.4, -0.2) is 12.5 Å². The zero-order chi connectivity index (χ0) is 13.2. The summed E-state index contributed by atoms with van der Waals surface area (Å²) in [7, 11) is 0. The van der Waals surface area contributed by atoms with Crippen LogP contribution in [0.4, 0.5) is 5.69 Å². The Hall–Kier alpha value is -0.350. The number of rotatable bonds is 5. The first-order valence-electron chi connectivity index (χ1n) is 6.38. The molecule has 1 heterocycles. The normalized spacial score (nSPS) is 17.1. The molecule has 0 aromatic heterocycles. The van der Waals surface area contributed by atoms with Crippen LogP contribution in [0.2, 0.25) is 0 Å². The van der Waals surface area contributed by atoms with Crippen LogP contribution in [0, 0.1) is 0 Å². The quantitative estimate of drug-likeness (QED) is 0.546. The Morgan fingerprint density at radius 2 is 1.89 bits per heavy atom. The molecule has 0 bridgehead atoms. The van der Waals surface area contributed by atoms with E-state index in [2.05, 4.69) is 38.8 Å². The molecule has 0 saturated carbocycles. The number of alkyl halides is 2. The van der Waals surface area contributed by atoms with Gasteiger partial charge in [-0.05, 0) is 12.5 Å². The van der Waals surface area contributed by atoms with Gasteiger partial charge in [0.05, 0.1) is 0 Å². The van der Waals surface area contributed by atoms with E-state index in [9.17, 15) is 4.79 Å². The minimum Gasteiger partial charge on any atom is -0.310 e. The molecular formula is C14H17Br2NO. The molecule has 1 aromatic rings. The van der Waals surface area contributed by atoms with Gasteiger partial charge in [-0.2, -0.15) is 0 Å². The highest BCUT2D eigenvalue weighted by Gasteiger charge is 2.46. The molecule has 2 nitrogen and oxygen atoms in total. The number of nitrogens with zero attached hydrogens (tertiary/aromatic N) is 1. The largest absolute Gasteiger partial charge is 0.310 e. The molecule has 0 radical (unpaired) electrons. The van der Waals surface area contributed by atoms with E-state index in [-0.39, 0.29) is 5.91 Å². The summed E-state index contributed by atoms with van der Waals surface area (Å²) in [5, 5.41) is 0. The summed E-state index contributed by atoms with van der Waals surface area (Å²) in [6.07, 6.45) is 4.69. The highest BCUT2D eigenvalue weighted by Crippen LogP contribution is 2.50. The summed E-state index contributed by atoms with van der Waals surface area (Å²) >= 11 is 6.99. The molecule has 1 aliphatic heterocycles. The van der Waals surface area contributed by atoms with Gasteiger partial charge in [0.1, 0.15) is 0 Å². The maximum Gasteiger partial charge on any atom is 0.259 e. The standard InChI is InChI=1S/C14H17Br2NO/c1-2-3-4-7-10-17-12-9-6-5-8-11(12)14(15,16)13(17)18/h5-6,8-9H,2-4,7,10H2,1H3. The average Bonchev–Trinajstić information content (AvgIpc) is 2.56. The van der Waals surface area contributed by atoms with Gasteiger partial charge in [0, 0.05) is 17.8 Å². The summed E-state index contributed by atoms with van der Waals surface area (Å²) in [4.78, 5) is 14.3. The van der Waals surface area contributed by atoms with E-state index in [1.807, 2.05) is 29.2 Å². The van der Waals surface area contributed by atoms with Crippen molar-refractivity contribution in [1.82, 2.24) is 0 Å². The molecule has 0 unspecified atom stereocenters. The molecule has 98 valence electrons. The van der Waals surface area contributed by atoms with Crippen LogP contribution in [0.1, 0.15) is 38.2 Å². The third kappa shape index (κ3) is 2.50. The van der Waals surface area contributed by atoms with Gasteiger partial charge in [-0.1, -0.05) is 76.2 Å². The summed E-state index contributed by atoms with van der Waals surface area (Å²) in [5.74, 6) is 0.0835. The zero-order valence-corrected chi connectivity index (χ0v) is 13.6.